The van der Waals surface area contributed by atoms with Crippen LogP contribution in [0.3, 0.4) is 0 Å². The van der Waals surface area contributed by atoms with Gasteiger partial charge in [0.25, 0.3) is 5.91 Å². The maximum Gasteiger partial charge on any atom is 0.254 e. The molecule has 1 saturated heterocycles. The Morgan fingerprint density at radius 1 is 1.25 bits per heavy atom. The first-order valence-electron chi connectivity index (χ1n) is 9.15. The molecule has 1 aliphatic heterocycles. The van der Waals surface area contributed by atoms with E-state index in [1.807, 2.05) is 46.8 Å². The van der Waals surface area contributed by atoms with Crippen molar-refractivity contribution in [1.82, 2.24) is 19.9 Å². The van der Waals surface area contributed by atoms with E-state index in [-0.39, 0.29) is 5.91 Å². The zero-order chi connectivity index (χ0) is 19.5. The van der Waals surface area contributed by atoms with Crippen LogP contribution in [-0.4, -0.2) is 59.1 Å². The predicted molar refractivity (Wildman–Crippen MR) is 107 cm³/mol. The van der Waals surface area contributed by atoms with Crippen LogP contribution < -0.4 is 4.74 Å². The lowest BCUT2D eigenvalue weighted by Gasteiger charge is -2.34. The first-order valence-corrected chi connectivity index (χ1v) is 10.1. The van der Waals surface area contributed by atoms with Gasteiger partial charge < -0.3 is 14.2 Å². The number of carbonyl (C=O) groups is 1. The van der Waals surface area contributed by atoms with Gasteiger partial charge in [-0.05, 0) is 36.1 Å². The summed E-state index contributed by atoms with van der Waals surface area (Å²) in [5.41, 5.74) is 2.65. The first-order chi connectivity index (χ1) is 13.6. The van der Waals surface area contributed by atoms with Crippen LogP contribution in [0.4, 0.5) is 0 Å². The fourth-order valence-electron chi connectivity index (χ4n) is 3.26. The van der Waals surface area contributed by atoms with Gasteiger partial charge in [-0.3, -0.25) is 9.69 Å². The summed E-state index contributed by atoms with van der Waals surface area (Å²) in [6, 6.07) is 7.57. The molecule has 8 heteroatoms. The Morgan fingerprint density at radius 3 is 2.79 bits per heavy atom. The SMILES string of the molecule is COc1cc(C(=O)N2CCN(Cc3nc(-c4ccsc4)no3)CC2)ccc1C. The van der Waals surface area contributed by atoms with E-state index in [9.17, 15) is 4.79 Å². The Kier molecular flexibility index (Phi) is 5.40. The van der Waals surface area contributed by atoms with Gasteiger partial charge in [-0.25, -0.2) is 0 Å². The molecule has 0 unspecified atom stereocenters. The van der Waals surface area contributed by atoms with Crippen LogP contribution in [0, 0.1) is 6.92 Å². The zero-order valence-corrected chi connectivity index (χ0v) is 16.7. The molecule has 28 heavy (non-hydrogen) atoms. The van der Waals surface area contributed by atoms with Crippen molar-refractivity contribution in [2.24, 2.45) is 0 Å². The van der Waals surface area contributed by atoms with Gasteiger partial charge in [0.2, 0.25) is 11.7 Å². The van der Waals surface area contributed by atoms with E-state index >= 15 is 0 Å². The van der Waals surface area contributed by atoms with Gasteiger partial charge in [-0.15, -0.1) is 0 Å². The molecule has 146 valence electrons. The second kappa shape index (κ2) is 8.12. The fourth-order valence-corrected chi connectivity index (χ4v) is 3.90. The highest BCUT2D eigenvalue weighted by atomic mass is 32.1. The Bertz CT molecular complexity index is 946. The van der Waals surface area contributed by atoms with Crippen LogP contribution in [0.1, 0.15) is 21.8 Å². The number of nitrogens with zero attached hydrogens (tertiary/aromatic N) is 4. The number of piperazine rings is 1. The minimum Gasteiger partial charge on any atom is -0.496 e. The van der Waals surface area contributed by atoms with Crippen molar-refractivity contribution < 1.29 is 14.1 Å². The minimum absolute atomic E-state index is 0.0375. The number of benzene rings is 1. The molecule has 3 heterocycles. The van der Waals surface area contributed by atoms with Crippen LogP contribution in [0.25, 0.3) is 11.4 Å². The molecule has 0 bridgehead atoms. The van der Waals surface area contributed by atoms with Crippen molar-refractivity contribution in [3.63, 3.8) is 0 Å². The number of ether oxygens (including phenoxy) is 1. The molecule has 4 rings (SSSR count). The van der Waals surface area contributed by atoms with Crippen molar-refractivity contribution >= 4 is 17.2 Å². The normalized spacial score (nSPS) is 15.0. The first kappa shape index (κ1) is 18.6. The summed E-state index contributed by atoms with van der Waals surface area (Å²) >= 11 is 1.61. The summed E-state index contributed by atoms with van der Waals surface area (Å²) in [5, 5.41) is 8.04. The molecule has 0 N–H and O–H groups in total. The van der Waals surface area contributed by atoms with Crippen molar-refractivity contribution in [2.45, 2.75) is 13.5 Å². The Labute approximate surface area is 167 Å². The van der Waals surface area contributed by atoms with Crippen LogP contribution in [0.15, 0.2) is 39.5 Å². The molecule has 1 amide bonds. The number of methoxy groups -OCH3 is 1. The highest BCUT2D eigenvalue weighted by Crippen LogP contribution is 2.21. The van der Waals surface area contributed by atoms with Gasteiger partial charge >= 0.3 is 0 Å². The van der Waals surface area contributed by atoms with Gasteiger partial charge in [0.15, 0.2) is 0 Å². The van der Waals surface area contributed by atoms with Gasteiger partial charge in [0.05, 0.1) is 13.7 Å². The number of hydrogen-bond acceptors (Lipinski definition) is 7. The molecule has 1 aliphatic rings. The number of amides is 1. The summed E-state index contributed by atoms with van der Waals surface area (Å²) in [6.45, 7) is 5.43. The molecule has 1 aromatic carbocycles. The lowest BCUT2D eigenvalue weighted by Crippen LogP contribution is -2.48. The Balaban J connectivity index is 1.34. The largest absolute Gasteiger partial charge is 0.496 e. The second-order valence-corrected chi connectivity index (χ2v) is 7.56. The standard InChI is InChI=1S/C20H22N4O3S/c1-14-3-4-15(11-17(14)26-2)20(25)24-8-6-23(7-9-24)12-18-21-19(22-27-18)16-5-10-28-13-16/h3-5,10-11,13H,6-9,12H2,1-2H3. The topological polar surface area (TPSA) is 71.7 Å². The third kappa shape index (κ3) is 3.93. The number of thiophene rings is 1. The van der Waals surface area contributed by atoms with Gasteiger partial charge in [0, 0.05) is 42.7 Å². The average Bonchev–Trinajstić information content (AvgIpc) is 3.40. The lowest BCUT2D eigenvalue weighted by atomic mass is 10.1. The average molecular weight is 398 g/mol. The molecule has 0 atom stereocenters. The number of aromatic nitrogens is 2. The van der Waals surface area contributed by atoms with E-state index in [4.69, 9.17) is 9.26 Å². The quantitative estimate of drug-likeness (QED) is 0.658. The second-order valence-electron chi connectivity index (χ2n) is 6.78. The van der Waals surface area contributed by atoms with Gasteiger partial charge in [0.1, 0.15) is 5.75 Å². The smallest absolute Gasteiger partial charge is 0.254 e. The fraction of sp³-hybridized carbons (Fsp3) is 0.350. The highest BCUT2D eigenvalue weighted by molar-refractivity contribution is 7.08. The van der Waals surface area contributed by atoms with Crippen LogP contribution >= 0.6 is 11.3 Å². The zero-order valence-electron chi connectivity index (χ0n) is 15.9. The highest BCUT2D eigenvalue weighted by Gasteiger charge is 2.24. The maximum absolute atomic E-state index is 12.8. The van der Waals surface area contributed by atoms with Crippen molar-refractivity contribution in [3.8, 4) is 17.1 Å². The molecule has 1 fully saturated rings. The Morgan fingerprint density at radius 2 is 2.07 bits per heavy atom. The third-order valence-electron chi connectivity index (χ3n) is 4.92. The number of aryl methyl sites for hydroxylation is 1. The summed E-state index contributed by atoms with van der Waals surface area (Å²) in [4.78, 5) is 21.4. The van der Waals surface area contributed by atoms with Crippen molar-refractivity contribution in [1.29, 1.82) is 0 Å². The molecular formula is C20H22N4O3S. The summed E-state index contributed by atoms with van der Waals surface area (Å²) in [5.74, 6) is 2.00. The molecule has 0 spiro atoms. The monoisotopic (exact) mass is 398 g/mol. The number of carbonyl (C=O) groups excluding carboxylic acids is 1. The van der Waals surface area contributed by atoms with Crippen LogP contribution in [0.5, 0.6) is 5.75 Å². The van der Waals surface area contributed by atoms with E-state index in [1.54, 1.807) is 18.4 Å². The van der Waals surface area contributed by atoms with E-state index in [0.717, 1.165) is 30.0 Å². The summed E-state index contributed by atoms with van der Waals surface area (Å²) < 4.78 is 10.7. The maximum atomic E-state index is 12.8. The molecule has 0 aliphatic carbocycles. The summed E-state index contributed by atoms with van der Waals surface area (Å²) in [6.07, 6.45) is 0. The minimum atomic E-state index is 0.0375. The molecule has 2 aromatic heterocycles. The van der Waals surface area contributed by atoms with E-state index in [2.05, 4.69) is 15.0 Å². The molecule has 7 nitrogen and oxygen atoms in total. The number of rotatable bonds is 5. The van der Waals surface area contributed by atoms with E-state index in [1.165, 1.54) is 0 Å². The van der Waals surface area contributed by atoms with Gasteiger partial charge in [-0.1, -0.05) is 11.2 Å². The molecular weight excluding hydrogens is 376 g/mol. The van der Waals surface area contributed by atoms with Crippen LogP contribution in [0.2, 0.25) is 0 Å². The van der Waals surface area contributed by atoms with E-state index in [0.29, 0.717) is 36.9 Å². The predicted octanol–water partition coefficient (Wildman–Crippen LogP) is 3.07. The third-order valence-corrected chi connectivity index (χ3v) is 5.60. The lowest BCUT2D eigenvalue weighted by molar-refractivity contribution is 0.0614. The Hall–Kier alpha value is -2.71. The van der Waals surface area contributed by atoms with E-state index < -0.39 is 0 Å². The summed E-state index contributed by atoms with van der Waals surface area (Å²) in [7, 11) is 1.62. The van der Waals surface area contributed by atoms with Gasteiger partial charge in [-0.2, -0.15) is 16.3 Å². The van der Waals surface area contributed by atoms with Crippen LogP contribution in [-0.2, 0) is 6.54 Å². The molecule has 0 radical (unpaired) electrons. The molecule has 3 aromatic rings. The number of hydrogen-bond donors (Lipinski definition) is 0. The van der Waals surface area contributed by atoms with Crippen molar-refractivity contribution in [2.75, 3.05) is 33.3 Å². The van der Waals surface area contributed by atoms with Crippen molar-refractivity contribution in [3.05, 3.63) is 52.0 Å². The molecule has 0 saturated carbocycles.